The van der Waals surface area contributed by atoms with Crippen LogP contribution in [0.2, 0.25) is 0 Å². The summed E-state index contributed by atoms with van der Waals surface area (Å²) in [6.45, 7) is 2.78. The number of benzene rings is 2. The SMILES string of the molecule is CC(=O)c1cc2ccc(O)cc2oc1=O.CN[C@@H](CNC(=O)c1cc2ccc(O)cc2oc1=O)C(C)=O. The smallest absolute Gasteiger partial charge is 0.349 e. The third kappa shape index (κ3) is 6.47. The van der Waals surface area contributed by atoms with Crippen LogP contribution in [0.3, 0.4) is 0 Å². The number of nitrogens with one attached hydrogen (secondary N) is 2. The summed E-state index contributed by atoms with van der Waals surface area (Å²) in [5, 5.41) is 24.9. The average Bonchev–Trinajstić information content (AvgIpc) is 2.83. The van der Waals surface area contributed by atoms with Crippen molar-refractivity contribution < 1.29 is 33.4 Å². The van der Waals surface area contributed by atoms with Gasteiger partial charge in [0.15, 0.2) is 5.78 Å². The Morgan fingerprint density at radius 2 is 1.30 bits per heavy atom. The summed E-state index contributed by atoms with van der Waals surface area (Å²) in [5.41, 5.74) is -1.16. The number of hydrogen-bond acceptors (Lipinski definition) is 10. The lowest BCUT2D eigenvalue weighted by Crippen LogP contribution is -2.44. The highest BCUT2D eigenvalue weighted by Gasteiger charge is 2.17. The molecule has 37 heavy (non-hydrogen) atoms. The zero-order valence-electron chi connectivity index (χ0n) is 20.2. The van der Waals surface area contributed by atoms with E-state index in [4.69, 9.17) is 8.83 Å². The summed E-state index contributed by atoms with van der Waals surface area (Å²) >= 11 is 0. The number of fused-ring (bicyclic) bond motifs is 2. The van der Waals surface area contributed by atoms with E-state index in [9.17, 15) is 34.2 Å². The molecule has 0 bridgehead atoms. The van der Waals surface area contributed by atoms with Gasteiger partial charge in [-0.2, -0.15) is 0 Å². The highest BCUT2D eigenvalue weighted by molar-refractivity contribution is 5.97. The van der Waals surface area contributed by atoms with Crippen LogP contribution in [0.1, 0.15) is 34.6 Å². The van der Waals surface area contributed by atoms with Crippen molar-refractivity contribution >= 4 is 39.4 Å². The molecule has 0 aliphatic heterocycles. The molecule has 4 rings (SSSR count). The molecule has 1 amide bonds. The normalized spacial score (nSPS) is 11.4. The number of rotatable bonds is 6. The van der Waals surface area contributed by atoms with Gasteiger partial charge in [-0.05, 0) is 57.3 Å². The third-order valence-electron chi connectivity index (χ3n) is 5.37. The molecule has 4 N–H and O–H groups in total. The van der Waals surface area contributed by atoms with Gasteiger partial charge in [-0.25, -0.2) is 9.59 Å². The van der Waals surface area contributed by atoms with Crippen LogP contribution in [0.4, 0.5) is 0 Å². The van der Waals surface area contributed by atoms with E-state index in [0.29, 0.717) is 10.8 Å². The second kappa shape index (κ2) is 11.3. The molecule has 0 spiro atoms. The van der Waals surface area contributed by atoms with Crippen molar-refractivity contribution in [1.82, 2.24) is 10.6 Å². The standard InChI is InChI=1S/C15H16N2O5.C11H8O4/c1-8(18)12(16-2)7-17-14(20)11-5-9-3-4-10(19)6-13(9)22-15(11)21;1-6(12)9-4-7-2-3-8(13)5-10(7)15-11(9)14/h3-6,12,16,19H,7H2,1-2H3,(H,17,20);2-5,13H,1H3/t12-;/m0./s1. The van der Waals surface area contributed by atoms with Crippen molar-refractivity contribution in [2.45, 2.75) is 19.9 Å². The average molecular weight is 508 g/mol. The molecule has 0 saturated carbocycles. The second-order valence-electron chi connectivity index (χ2n) is 8.06. The fourth-order valence-corrected chi connectivity index (χ4v) is 3.34. The number of amides is 1. The largest absolute Gasteiger partial charge is 0.508 e. The first kappa shape index (κ1) is 26.8. The fourth-order valence-electron chi connectivity index (χ4n) is 3.34. The molecule has 0 saturated heterocycles. The van der Waals surface area contributed by atoms with E-state index in [2.05, 4.69) is 10.6 Å². The maximum Gasteiger partial charge on any atom is 0.349 e. The lowest BCUT2D eigenvalue weighted by atomic mass is 10.1. The van der Waals surface area contributed by atoms with Crippen molar-refractivity contribution in [1.29, 1.82) is 0 Å². The zero-order chi connectivity index (χ0) is 27.3. The van der Waals surface area contributed by atoms with Gasteiger partial charge < -0.3 is 29.7 Å². The van der Waals surface area contributed by atoms with Crippen molar-refractivity contribution in [3.05, 3.63) is 80.5 Å². The Bertz CT molecular complexity index is 1620. The van der Waals surface area contributed by atoms with Crippen LogP contribution in [0.15, 0.2) is 67.0 Å². The van der Waals surface area contributed by atoms with Crippen molar-refractivity contribution in [2.75, 3.05) is 13.6 Å². The summed E-state index contributed by atoms with van der Waals surface area (Å²) in [6, 6.07) is 11.0. The Kier molecular flexibility index (Phi) is 8.20. The van der Waals surface area contributed by atoms with Crippen LogP contribution in [0.5, 0.6) is 11.5 Å². The van der Waals surface area contributed by atoms with Gasteiger partial charge in [-0.1, -0.05) is 0 Å². The minimum atomic E-state index is -0.806. The van der Waals surface area contributed by atoms with Gasteiger partial charge in [0.25, 0.3) is 5.91 Å². The predicted octanol–water partition coefficient (Wildman–Crippen LogP) is 2.11. The molecule has 1 atom stereocenters. The number of phenolic OH excluding ortho intramolecular Hbond substituents is 2. The maximum absolute atomic E-state index is 12.1. The molecular weight excluding hydrogens is 484 g/mol. The molecule has 11 heteroatoms. The van der Waals surface area contributed by atoms with Crippen LogP contribution in [0.25, 0.3) is 21.9 Å². The molecule has 0 unspecified atom stereocenters. The second-order valence-corrected chi connectivity index (χ2v) is 8.06. The Labute approximate surface area is 209 Å². The van der Waals surface area contributed by atoms with E-state index in [1.165, 1.54) is 56.3 Å². The lowest BCUT2D eigenvalue weighted by Gasteiger charge is -2.13. The van der Waals surface area contributed by atoms with Gasteiger partial charge in [0, 0.05) is 29.4 Å². The third-order valence-corrected chi connectivity index (χ3v) is 5.37. The first-order valence-electron chi connectivity index (χ1n) is 11.0. The van der Waals surface area contributed by atoms with Gasteiger partial charge >= 0.3 is 11.3 Å². The summed E-state index contributed by atoms with van der Waals surface area (Å²) < 4.78 is 9.91. The van der Waals surface area contributed by atoms with E-state index in [-0.39, 0.29) is 51.9 Å². The first-order valence-corrected chi connectivity index (χ1v) is 11.0. The van der Waals surface area contributed by atoms with Crippen LogP contribution >= 0.6 is 0 Å². The molecule has 0 aliphatic carbocycles. The number of hydrogen-bond donors (Lipinski definition) is 4. The van der Waals surface area contributed by atoms with Gasteiger partial charge in [-0.3, -0.25) is 14.4 Å². The summed E-state index contributed by atoms with van der Waals surface area (Å²) in [6.07, 6.45) is 0. The molecule has 11 nitrogen and oxygen atoms in total. The molecule has 4 aromatic rings. The maximum atomic E-state index is 12.1. The monoisotopic (exact) mass is 508 g/mol. The molecular formula is C26H24N2O9. The molecule has 2 heterocycles. The van der Waals surface area contributed by atoms with E-state index < -0.39 is 23.2 Å². The molecule has 2 aromatic heterocycles. The van der Waals surface area contributed by atoms with Gasteiger partial charge in [0.2, 0.25) is 0 Å². The molecule has 192 valence electrons. The number of ketones is 2. The van der Waals surface area contributed by atoms with E-state index in [0.717, 1.165) is 0 Å². The highest BCUT2D eigenvalue weighted by atomic mass is 16.4. The van der Waals surface area contributed by atoms with E-state index in [1.54, 1.807) is 13.1 Å². The Morgan fingerprint density at radius 3 is 1.76 bits per heavy atom. The molecule has 0 aliphatic rings. The van der Waals surface area contributed by atoms with Crippen molar-refractivity contribution in [3.63, 3.8) is 0 Å². The van der Waals surface area contributed by atoms with E-state index in [1.807, 2.05) is 0 Å². The first-order chi connectivity index (χ1) is 17.5. The summed E-state index contributed by atoms with van der Waals surface area (Å²) in [4.78, 5) is 57.6. The number of carbonyl (C=O) groups is 3. The van der Waals surface area contributed by atoms with Gasteiger partial charge in [-0.15, -0.1) is 0 Å². The minimum Gasteiger partial charge on any atom is -0.508 e. The quantitative estimate of drug-likeness (QED) is 0.223. The fraction of sp³-hybridized carbons (Fsp3) is 0.192. The van der Waals surface area contributed by atoms with Crippen molar-refractivity contribution in [2.24, 2.45) is 0 Å². The topological polar surface area (TPSA) is 176 Å². The number of Topliss-reactive ketones (excluding diaryl/α,β-unsaturated/α-hetero) is 2. The molecule has 0 radical (unpaired) electrons. The van der Waals surface area contributed by atoms with Crippen molar-refractivity contribution in [3.8, 4) is 11.5 Å². The van der Waals surface area contributed by atoms with Gasteiger partial charge in [0.1, 0.15) is 39.6 Å². The Balaban J connectivity index is 0.000000220. The van der Waals surface area contributed by atoms with Crippen LogP contribution in [0, 0.1) is 0 Å². The summed E-state index contributed by atoms with van der Waals surface area (Å²) in [7, 11) is 1.61. The number of aromatic hydroxyl groups is 2. The lowest BCUT2D eigenvalue weighted by molar-refractivity contribution is -0.118. The van der Waals surface area contributed by atoms with Crippen LogP contribution in [-0.2, 0) is 4.79 Å². The predicted molar refractivity (Wildman–Crippen MR) is 134 cm³/mol. The van der Waals surface area contributed by atoms with Gasteiger partial charge in [0.05, 0.1) is 6.04 Å². The van der Waals surface area contributed by atoms with Crippen LogP contribution in [-0.4, -0.2) is 47.3 Å². The molecule has 0 fully saturated rings. The molecule has 2 aromatic carbocycles. The van der Waals surface area contributed by atoms with E-state index >= 15 is 0 Å². The number of likely N-dealkylation sites (N-methyl/N-ethyl adjacent to an activating group) is 1. The summed E-state index contributed by atoms with van der Waals surface area (Å²) in [5.74, 6) is -1.10. The highest BCUT2D eigenvalue weighted by Crippen LogP contribution is 2.20. The Morgan fingerprint density at radius 1 is 0.811 bits per heavy atom. The number of phenols is 2. The van der Waals surface area contributed by atoms with Crippen LogP contribution < -0.4 is 21.9 Å². The zero-order valence-corrected chi connectivity index (χ0v) is 20.2. The Hall–Kier alpha value is -4.77. The minimum absolute atomic E-state index is 0.0150. The number of carbonyl (C=O) groups excluding carboxylic acids is 3.